The first-order valence-electron chi connectivity index (χ1n) is 5.53. The number of carboxylic acids is 1. The maximum absolute atomic E-state index is 11.1. The highest BCUT2D eigenvalue weighted by atomic mass is 32.2. The molecule has 1 fully saturated rings. The van der Waals surface area contributed by atoms with E-state index in [-0.39, 0.29) is 12.6 Å². The third kappa shape index (κ3) is 2.56. The molecule has 1 aliphatic heterocycles. The highest BCUT2D eigenvalue weighted by molar-refractivity contribution is 7.98. The van der Waals surface area contributed by atoms with E-state index in [1.54, 1.807) is 0 Å². The van der Waals surface area contributed by atoms with Gasteiger partial charge in [-0.25, -0.2) is 9.97 Å². The van der Waals surface area contributed by atoms with Gasteiger partial charge in [-0.1, -0.05) is 0 Å². The van der Waals surface area contributed by atoms with Crippen LogP contribution in [0.3, 0.4) is 0 Å². The van der Waals surface area contributed by atoms with Gasteiger partial charge in [0.05, 0.1) is 19.3 Å². The van der Waals surface area contributed by atoms with E-state index in [0.29, 0.717) is 6.61 Å². The third-order valence-corrected chi connectivity index (χ3v) is 3.70. The zero-order valence-electron chi connectivity index (χ0n) is 10.2. The van der Waals surface area contributed by atoms with Gasteiger partial charge in [0.25, 0.3) is 0 Å². The third-order valence-electron chi connectivity index (χ3n) is 3.06. The van der Waals surface area contributed by atoms with Gasteiger partial charge in [0, 0.05) is 13.1 Å². The van der Waals surface area contributed by atoms with Gasteiger partial charge in [-0.15, -0.1) is 11.8 Å². The molecule has 98 valence electrons. The maximum Gasteiger partial charge on any atom is 0.311 e. The van der Waals surface area contributed by atoms with Gasteiger partial charge in [0.2, 0.25) is 0 Å². The van der Waals surface area contributed by atoms with Crippen molar-refractivity contribution in [2.75, 3.05) is 31.4 Å². The monoisotopic (exact) mass is 269 g/mol. The average molecular weight is 269 g/mol. The zero-order chi connectivity index (χ0) is 13.1. The first-order chi connectivity index (χ1) is 8.63. The van der Waals surface area contributed by atoms with Gasteiger partial charge in [0.1, 0.15) is 23.1 Å². The summed E-state index contributed by atoms with van der Waals surface area (Å²) in [5.74, 6) is -0.623. The van der Waals surface area contributed by atoms with Crippen molar-refractivity contribution in [1.29, 1.82) is 0 Å². The summed E-state index contributed by atoms with van der Waals surface area (Å²) >= 11 is 1.52. The topological polar surface area (TPSA) is 75.5 Å². The first-order valence-corrected chi connectivity index (χ1v) is 6.75. The van der Waals surface area contributed by atoms with Crippen LogP contribution in [-0.2, 0) is 9.53 Å². The van der Waals surface area contributed by atoms with Crippen LogP contribution in [-0.4, -0.2) is 53.6 Å². The molecule has 0 radical (unpaired) electrons. The molecule has 0 aliphatic carbocycles. The van der Waals surface area contributed by atoms with Gasteiger partial charge in [-0.05, 0) is 6.26 Å². The van der Waals surface area contributed by atoms with Crippen LogP contribution in [0.5, 0.6) is 0 Å². The SMILES string of the molecule is CSc1cc(N(C)C2COCC2C(=O)O)ncn1. The molecule has 2 rings (SSSR count). The highest BCUT2D eigenvalue weighted by Gasteiger charge is 2.37. The van der Waals surface area contributed by atoms with Gasteiger partial charge < -0.3 is 14.7 Å². The summed E-state index contributed by atoms with van der Waals surface area (Å²) in [5, 5.41) is 10.00. The number of aromatic nitrogens is 2. The van der Waals surface area contributed by atoms with E-state index >= 15 is 0 Å². The summed E-state index contributed by atoms with van der Waals surface area (Å²) < 4.78 is 5.26. The standard InChI is InChI=1S/C11H15N3O3S/c1-14(8-5-17-4-7(8)11(15)16)9-3-10(18-2)13-6-12-9/h3,6-8H,4-5H2,1-2H3,(H,15,16). The minimum atomic E-state index is -0.830. The molecule has 2 unspecified atom stereocenters. The zero-order valence-corrected chi connectivity index (χ0v) is 11.1. The van der Waals surface area contributed by atoms with Crippen LogP contribution in [0.4, 0.5) is 5.82 Å². The Hall–Kier alpha value is -1.34. The van der Waals surface area contributed by atoms with E-state index < -0.39 is 11.9 Å². The van der Waals surface area contributed by atoms with Crippen LogP contribution in [0.25, 0.3) is 0 Å². The van der Waals surface area contributed by atoms with Crippen LogP contribution in [0.15, 0.2) is 17.4 Å². The van der Waals surface area contributed by atoms with Crippen molar-refractivity contribution in [3.8, 4) is 0 Å². The summed E-state index contributed by atoms with van der Waals surface area (Å²) in [4.78, 5) is 21.3. The lowest BCUT2D eigenvalue weighted by atomic mass is 10.0. The largest absolute Gasteiger partial charge is 0.481 e. The Bertz CT molecular complexity index is 443. The molecule has 2 atom stereocenters. The number of thioether (sulfide) groups is 1. The molecule has 1 aromatic rings. The molecule has 0 aromatic carbocycles. The Morgan fingerprint density at radius 3 is 3.00 bits per heavy atom. The Morgan fingerprint density at radius 1 is 1.56 bits per heavy atom. The molecule has 0 spiro atoms. The Balaban J connectivity index is 2.19. The molecule has 7 heteroatoms. The maximum atomic E-state index is 11.1. The normalized spacial score (nSPS) is 23.0. The van der Waals surface area contributed by atoms with E-state index in [9.17, 15) is 4.79 Å². The minimum Gasteiger partial charge on any atom is -0.481 e. The summed E-state index contributed by atoms with van der Waals surface area (Å²) in [6.45, 7) is 0.664. The number of ether oxygens (including phenoxy) is 1. The molecule has 0 bridgehead atoms. The molecule has 1 N–H and O–H groups in total. The smallest absolute Gasteiger partial charge is 0.311 e. The molecule has 1 saturated heterocycles. The highest BCUT2D eigenvalue weighted by Crippen LogP contribution is 2.24. The lowest BCUT2D eigenvalue weighted by Crippen LogP contribution is -2.41. The van der Waals surface area contributed by atoms with Crippen molar-refractivity contribution < 1.29 is 14.6 Å². The summed E-state index contributed by atoms with van der Waals surface area (Å²) in [6, 6.07) is 1.66. The lowest BCUT2D eigenvalue weighted by molar-refractivity contribution is -0.141. The average Bonchev–Trinajstić information content (AvgIpc) is 2.87. The molecule has 18 heavy (non-hydrogen) atoms. The van der Waals surface area contributed by atoms with Crippen LogP contribution >= 0.6 is 11.8 Å². The second-order valence-electron chi connectivity index (χ2n) is 4.08. The Kier molecular flexibility index (Phi) is 4.03. The van der Waals surface area contributed by atoms with Gasteiger partial charge >= 0.3 is 5.97 Å². The second kappa shape index (κ2) is 5.53. The number of carboxylic acid groups (broad SMARTS) is 1. The number of rotatable bonds is 4. The lowest BCUT2D eigenvalue weighted by Gasteiger charge is -2.27. The molecular weight excluding hydrogens is 254 g/mol. The number of nitrogens with zero attached hydrogens (tertiary/aromatic N) is 3. The van der Waals surface area contributed by atoms with Crippen LogP contribution in [0, 0.1) is 5.92 Å². The minimum absolute atomic E-state index is 0.188. The van der Waals surface area contributed by atoms with Gasteiger partial charge in [-0.3, -0.25) is 4.79 Å². The number of hydrogen-bond acceptors (Lipinski definition) is 6. The molecule has 2 heterocycles. The number of carbonyl (C=O) groups is 1. The van der Waals surface area contributed by atoms with E-state index in [2.05, 4.69) is 9.97 Å². The number of likely N-dealkylation sites (N-methyl/N-ethyl adjacent to an activating group) is 1. The van der Waals surface area contributed by atoms with E-state index in [1.807, 2.05) is 24.3 Å². The number of aliphatic carboxylic acids is 1. The predicted octanol–water partition coefficient (Wildman–Crippen LogP) is 0.734. The Labute approximate surface area is 109 Å². The van der Waals surface area contributed by atoms with Crippen molar-refractivity contribution in [3.05, 3.63) is 12.4 Å². The van der Waals surface area contributed by atoms with Crippen molar-refractivity contribution in [2.45, 2.75) is 11.1 Å². The van der Waals surface area contributed by atoms with Crippen molar-refractivity contribution in [3.63, 3.8) is 0 Å². The first kappa shape index (κ1) is 13.1. The van der Waals surface area contributed by atoms with Crippen molar-refractivity contribution in [1.82, 2.24) is 9.97 Å². The van der Waals surface area contributed by atoms with E-state index in [1.165, 1.54) is 18.1 Å². The van der Waals surface area contributed by atoms with Crippen molar-refractivity contribution in [2.24, 2.45) is 5.92 Å². The molecule has 6 nitrogen and oxygen atoms in total. The molecule has 1 aromatic heterocycles. The van der Waals surface area contributed by atoms with Crippen LogP contribution in [0.1, 0.15) is 0 Å². The fraction of sp³-hybridized carbons (Fsp3) is 0.545. The van der Waals surface area contributed by atoms with Crippen LogP contribution < -0.4 is 4.90 Å². The van der Waals surface area contributed by atoms with E-state index in [0.717, 1.165) is 10.8 Å². The number of anilines is 1. The van der Waals surface area contributed by atoms with Crippen molar-refractivity contribution >= 4 is 23.5 Å². The number of hydrogen-bond donors (Lipinski definition) is 1. The second-order valence-corrected chi connectivity index (χ2v) is 4.91. The predicted molar refractivity (Wildman–Crippen MR) is 67.9 cm³/mol. The fourth-order valence-electron chi connectivity index (χ4n) is 1.96. The molecule has 1 aliphatic rings. The Morgan fingerprint density at radius 2 is 2.33 bits per heavy atom. The summed E-state index contributed by atoms with van der Waals surface area (Å²) in [6.07, 6.45) is 3.42. The molecule has 0 amide bonds. The quantitative estimate of drug-likeness (QED) is 0.638. The summed E-state index contributed by atoms with van der Waals surface area (Å²) in [5.41, 5.74) is 0. The van der Waals surface area contributed by atoms with Gasteiger partial charge in [-0.2, -0.15) is 0 Å². The fourth-order valence-corrected chi connectivity index (χ4v) is 2.34. The molecular formula is C11H15N3O3S. The molecule has 0 saturated carbocycles. The van der Waals surface area contributed by atoms with E-state index in [4.69, 9.17) is 9.84 Å². The van der Waals surface area contributed by atoms with Crippen LogP contribution in [0.2, 0.25) is 0 Å². The summed E-state index contributed by atoms with van der Waals surface area (Å²) in [7, 11) is 1.84. The van der Waals surface area contributed by atoms with Gasteiger partial charge in [0.15, 0.2) is 0 Å².